The lowest BCUT2D eigenvalue weighted by Crippen LogP contribution is -2.15. The lowest BCUT2D eigenvalue weighted by atomic mass is 10.1. The first-order valence-electron chi connectivity index (χ1n) is 5.93. The smallest absolute Gasteiger partial charge is 0.234 e. The second kappa shape index (κ2) is 8.14. The van der Waals surface area contributed by atoms with E-state index in [1.165, 1.54) is 5.56 Å². The Bertz CT molecular complexity index is 355. The number of amides is 1. The van der Waals surface area contributed by atoms with Crippen LogP contribution in [0.2, 0.25) is 0 Å². The van der Waals surface area contributed by atoms with E-state index in [-0.39, 0.29) is 5.91 Å². The minimum absolute atomic E-state index is 0.0629. The molecule has 0 heterocycles. The van der Waals surface area contributed by atoms with Crippen molar-refractivity contribution in [2.75, 3.05) is 23.4 Å². The largest absolute Gasteiger partial charge is 0.330 e. The van der Waals surface area contributed by atoms with Gasteiger partial charge in [-0.3, -0.25) is 4.79 Å². The van der Waals surface area contributed by atoms with Crippen LogP contribution in [0, 0.1) is 0 Å². The van der Waals surface area contributed by atoms with E-state index in [2.05, 4.69) is 12.2 Å². The number of rotatable bonds is 7. The monoisotopic (exact) mass is 252 g/mol. The number of anilines is 1. The Morgan fingerprint density at radius 2 is 2.18 bits per heavy atom. The molecule has 0 aliphatic carbocycles. The van der Waals surface area contributed by atoms with E-state index in [0.29, 0.717) is 12.3 Å². The van der Waals surface area contributed by atoms with Crippen LogP contribution in [0.1, 0.15) is 18.9 Å². The summed E-state index contributed by atoms with van der Waals surface area (Å²) in [6, 6.07) is 7.92. The Morgan fingerprint density at radius 1 is 1.41 bits per heavy atom. The minimum atomic E-state index is 0.0629. The molecule has 94 valence electrons. The zero-order chi connectivity index (χ0) is 12.5. The Balaban J connectivity index is 2.39. The van der Waals surface area contributed by atoms with Gasteiger partial charge in [-0.15, -0.1) is 0 Å². The van der Waals surface area contributed by atoms with Crippen molar-refractivity contribution in [2.24, 2.45) is 5.73 Å². The first kappa shape index (κ1) is 14.1. The zero-order valence-corrected chi connectivity index (χ0v) is 11.1. The molecule has 0 radical (unpaired) electrons. The van der Waals surface area contributed by atoms with E-state index in [9.17, 15) is 4.79 Å². The Morgan fingerprint density at radius 3 is 2.88 bits per heavy atom. The van der Waals surface area contributed by atoms with E-state index >= 15 is 0 Å². The zero-order valence-electron chi connectivity index (χ0n) is 10.2. The molecule has 1 aromatic carbocycles. The predicted octanol–water partition coefficient (Wildman–Crippen LogP) is 2.27. The van der Waals surface area contributed by atoms with Crippen LogP contribution in [0.5, 0.6) is 0 Å². The minimum Gasteiger partial charge on any atom is -0.330 e. The molecular formula is C13H20N2OS. The van der Waals surface area contributed by atoms with Crippen molar-refractivity contribution in [1.82, 2.24) is 0 Å². The predicted molar refractivity (Wildman–Crippen MR) is 75.4 cm³/mol. The van der Waals surface area contributed by atoms with E-state index in [1.807, 2.05) is 24.3 Å². The molecule has 1 rings (SSSR count). The molecule has 4 heteroatoms. The number of hydrogen-bond donors (Lipinski definition) is 2. The van der Waals surface area contributed by atoms with Crippen molar-refractivity contribution in [1.29, 1.82) is 0 Å². The summed E-state index contributed by atoms with van der Waals surface area (Å²) < 4.78 is 0. The third kappa shape index (κ3) is 5.24. The molecule has 0 saturated heterocycles. The number of carbonyl (C=O) groups excluding carboxylic acids is 1. The number of carbonyl (C=O) groups is 1. The van der Waals surface area contributed by atoms with E-state index in [0.717, 1.165) is 24.3 Å². The fraction of sp³-hybridized carbons (Fsp3) is 0.462. The topological polar surface area (TPSA) is 55.1 Å². The Labute approximate surface area is 107 Å². The number of benzene rings is 1. The summed E-state index contributed by atoms with van der Waals surface area (Å²) in [5.41, 5.74) is 7.50. The average molecular weight is 252 g/mol. The molecule has 0 aliphatic heterocycles. The molecule has 3 nitrogen and oxygen atoms in total. The maximum absolute atomic E-state index is 11.7. The van der Waals surface area contributed by atoms with Gasteiger partial charge in [-0.1, -0.05) is 25.1 Å². The summed E-state index contributed by atoms with van der Waals surface area (Å²) in [4.78, 5) is 11.7. The highest BCUT2D eigenvalue weighted by atomic mass is 32.2. The van der Waals surface area contributed by atoms with Gasteiger partial charge in [0.05, 0.1) is 5.75 Å². The van der Waals surface area contributed by atoms with Gasteiger partial charge in [-0.05, 0) is 36.8 Å². The van der Waals surface area contributed by atoms with Gasteiger partial charge in [0.1, 0.15) is 0 Å². The average Bonchev–Trinajstić information content (AvgIpc) is 2.35. The van der Waals surface area contributed by atoms with Gasteiger partial charge in [0.2, 0.25) is 5.91 Å². The highest BCUT2D eigenvalue weighted by Gasteiger charge is 2.05. The van der Waals surface area contributed by atoms with Crippen molar-refractivity contribution in [3.8, 4) is 0 Å². The van der Waals surface area contributed by atoms with Gasteiger partial charge in [-0.2, -0.15) is 11.8 Å². The summed E-state index contributed by atoms with van der Waals surface area (Å²) in [5.74, 6) is 1.50. The molecule has 0 saturated carbocycles. The molecule has 0 atom stereocenters. The van der Waals surface area contributed by atoms with Crippen LogP contribution in [0.15, 0.2) is 24.3 Å². The van der Waals surface area contributed by atoms with E-state index in [1.54, 1.807) is 11.8 Å². The van der Waals surface area contributed by atoms with E-state index in [4.69, 9.17) is 5.73 Å². The molecule has 0 fully saturated rings. The number of thioether (sulfide) groups is 1. The first-order chi connectivity index (χ1) is 8.27. The molecule has 0 bridgehead atoms. The third-order valence-electron chi connectivity index (χ3n) is 2.40. The van der Waals surface area contributed by atoms with Crippen molar-refractivity contribution in [3.05, 3.63) is 29.8 Å². The lowest BCUT2D eigenvalue weighted by Gasteiger charge is -2.09. The van der Waals surface area contributed by atoms with E-state index < -0.39 is 0 Å². The van der Waals surface area contributed by atoms with Crippen LogP contribution >= 0.6 is 11.8 Å². The molecule has 1 amide bonds. The van der Waals surface area contributed by atoms with Crippen LogP contribution in [-0.4, -0.2) is 24.0 Å². The SMILES string of the molecule is CCc1ccccc1NC(=O)CSCCCN. The highest BCUT2D eigenvalue weighted by Crippen LogP contribution is 2.15. The molecule has 3 N–H and O–H groups in total. The van der Waals surface area contributed by atoms with Crippen LogP contribution in [0.3, 0.4) is 0 Å². The number of aryl methyl sites for hydroxylation is 1. The molecule has 0 aliphatic rings. The van der Waals surface area contributed by atoms with Gasteiger partial charge in [0.25, 0.3) is 0 Å². The molecule has 1 aromatic rings. The summed E-state index contributed by atoms with van der Waals surface area (Å²) in [6.45, 7) is 2.77. The summed E-state index contributed by atoms with van der Waals surface area (Å²) in [5, 5.41) is 2.95. The normalized spacial score (nSPS) is 10.2. The van der Waals surface area contributed by atoms with Crippen molar-refractivity contribution < 1.29 is 4.79 Å². The van der Waals surface area contributed by atoms with Gasteiger partial charge < -0.3 is 11.1 Å². The molecule has 0 unspecified atom stereocenters. The van der Waals surface area contributed by atoms with Gasteiger partial charge in [-0.25, -0.2) is 0 Å². The molecular weight excluding hydrogens is 232 g/mol. The van der Waals surface area contributed by atoms with Crippen molar-refractivity contribution in [2.45, 2.75) is 19.8 Å². The summed E-state index contributed by atoms with van der Waals surface area (Å²) in [7, 11) is 0. The second-order valence-corrected chi connectivity index (χ2v) is 4.86. The Kier molecular flexibility index (Phi) is 6.74. The lowest BCUT2D eigenvalue weighted by molar-refractivity contribution is -0.113. The number of hydrogen-bond acceptors (Lipinski definition) is 3. The van der Waals surface area contributed by atoms with Crippen LogP contribution in [0.25, 0.3) is 0 Å². The van der Waals surface area contributed by atoms with Crippen molar-refractivity contribution >= 4 is 23.4 Å². The standard InChI is InChI=1S/C13H20N2OS/c1-2-11-6-3-4-7-12(11)15-13(16)10-17-9-5-8-14/h3-4,6-7H,2,5,8-10,14H2,1H3,(H,15,16). The maximum Gasteiger partial charge on any atom is 0.234 e. The van der Waals surface area contributed by atoms with Crippen LogP contribution in [0.4, 0.5) is 5.69 Å². The quantitative estimate of drug-likeness (QED) is 0.732. The molecule has 0 spiro atoms. The third-order valence-corrected chi connectivity index (χ3v) is 3.44. The number of nitrogens with two attached hydrogens (primary N) is 1. The Hall–Kier alpha value is -1.000. The van der Waals surface area contributed by atoms with Crippen LogP contribution < -0.4 is 11.1 Å². The van der Waals surface area contributed by atoms with Crippen molar-refractivity contribution in [3.63, 3.8) is 0 Å². The van der Waals surface area contributed by atoms with Gasteiger partial charge in [0, 0.05) is 5.69 Å². The first-order valence-corrected chi connectivity index (χ1v) is 7.09. The summed E-state index contributed by atoms with van der Waals surface area (Å²) >= 11 is 1.63. The van der Waals surface area contributed by atoms with Gasteiger partial charge >= 0.3 is 0 Å². The van der Waals surface area contributed by atoms with Gasteiger partial charge in [0.15, 0.2) is 0 Å². The fourth-order valence-electron chi connectivity index (χ4n) is 1.49. The number of nitrogens with one attached hydrogen (secondary N) is 1. The highest BCUT2D eigenvalue weighted by molar-refractivity contribution is 7.99. The number of para-hydroxylation sites is 1. The maximum atomic E-state index is 11.7. The fourth-order valence-corrected chi connectivity index (χ4v) is 2.26. The van der Waals surface area contributed by atoms with Crippen LogP contribution in [-0.2, 0) is 11.2 Å². The molecule has 0 aromatic heterocycles. The second-order valence-electron chi connectivity index (χ2n) is 3.75. The summed E-state index contributed by atoms with van der Waals surface area (Å²) in [6.07, 6.45) is 1.89. The molecule has 17 heavy (non-hydrogen) atoms.